The van der Waals surface area contributed by atoms with Gasteiger partial charge in [0, 0.05) is 29.6 Å². The Kier molecular flexibility index (Phi) is 4.96. The molecule has 2 aromatic carbocycles. The van der Waals surface area contributed by atoms with Crippen LogP contribution in [0.1, 0.15) is 52.2 Å². The molecule has 0 fully saturated rings. The van der Waals surface area contributed by atoms with Crippen LogP contribution < -0.4 is 0 Å². The molecule has 0 saturated carbocycles. The Morgan fingerprint density at radius 1 is 1.07 bits per heavy atom. The summed E-state index contributed by atoms with van der Waals surface area (Å²) in [4.78, 5) is 24.7. The number of fused-ring (bicyclic) bond motifs is 3. The summed E-state index contributed by atoms with van der Waals surface area (Å²) in [5, 5.41) is 1.84. The number of halogens is 2. The highest BCUT2D eigenvalue weighted by Gasteiger charge is 2.36. The average Bonchev–Trinajstić information content (AvgIpc) is 2.99. The summed E-state index contributed by atoms with van der Waals surface area (Å²) in [5.74, 6) is -0.271. The zero-order valence-corrected chi connectivity index (χ0v) is 18.0. The Hall–Kier alpha value is -2.30. The van der Waals surface area contributed by atoms with Crippen LogP contribution in [0, 0.1) is 5.41 Å². The molecule has 1 aliphatic rings. The summed E-state index contributed by atoms with van der Waals surface area (Å²) >= 11 is 13.1. The number of ketones is 1. The monoisotopic (exact) mass is 429 g/mol. The molecule has 1 aromatic heterocycles. The smallest absolute Gasteiger partial charge is 0.337 e. The number of benzene rings is 2. The number of methoxy groups -OCH3 is 1. The second-order valence-corrected chi connectivity index (χ2v) is 9.10. The highest BCUT2D eigenvalue weighted by Crippen LogP contribution is 2.44. The summed E-state index contributed by atoms with van der Waals surface area (Å²) in [6.07, 6.45) is 1.24. The highest BCUT2D eigenvalue weighted by atomic mass is 35.5. The minimum Gasteiger partial charge on any atom is -0.465 e. The van der Waals surface area contributed by atoms with Crippen molar-refractivity contribution < 1.29 is 14.3 Å². The van der Waals surface area contributed by atoms with Gasteiger partial charge in [-0.2, -0.15) is 0 Å². The number of ether oxygens (including phenoxy) is 1. The van der Waals surface area contributed by atoms with E-state index in [2.05, 4.69) is 18.4 Å². The quantitative estimate of drug-likeness (QED) is 0.484. The molecule has 0 aliphatic heterocycles. The first-order valence-corrected chi connectivity index (χ1v) is 10.2. The van der Waals surface area contributed by atoms with Crippen molar-refractivity contribution in [2.45, 2.75) is 33.2 Å². The molecule has 0 atom stereocenters. The summed E-state index contributed by atoms with van der Waals surface area (Å²) in [6.45, 7) is 4.73. The third-order valence-electron chi connectivity index (χ3n) is 5.49. The van der Waals surface area contributed by atoms with Crippen molar-refractivity contribution in [2.24, 2.45) is 5.41 Å². The van der Waals surface area contributed by atoms with Crippen LogP contribution >= 0.6 is 23.2 Å². The number of nitrogens with zero attached hydrogens (tertiary/aromatic N) is 1. The van der Waals surface area contributed by atoms with Gasteiger partial charge in [-0.1, -0.05) is 49.2 Å². The van der Waals surface area contributed by atoms with E-state index in [0.717, 1.165) is 28.6 Å². The molecule has 1 heterocycles. The van der Waals surface area contributed by atoms with Gasteiger partial charge >= 0.3 is 5.97 Å². The van der Waals surface area contributed by atoms with E-state index in [1.165, 1.54) is 7.11 Å². The molecule has 150 valence electrons. The van der Waals surface area contributed by atoms with E-state index in [1.54, 1.807) is 24.3 Å². The Morgan fingerprint density at radius 2 is 1.72 bits per heavy atom. The van der Waals surface area contributed by atoms with Crippen LogP contribution in [0.15, 0.2) is 36.4 Å². The third-order valence-corrected chi connectivity index (χ3v) is 6.11. The minimum absolute atomic E-state index is 0.102. The fourth-order valence-corrected chi connectivity index (χ4v) is 4.71. The highest BCUT2D eigenvalue weighted by molar-refractivity contribution is 6.41. The van der Waals surface area contributed by atoms with Gasteiger partial charge < -0.3 is 9.30 Å². The predicted octanol–water partition coefficient (Wildman–Crippen LogP) is 5.94. The lowest BCUT2D eigenvalue weighted by molar-refractivity contribution is 0.0600. The van der Waals surface area contributed by atoms with Crippen molar-refractivity contribution >= 4 is 45.9 Å². The summed E-state index contributed by atoms with van der Waals surface area (Å²) < 4.78 is 6.87. The van der Waals surface area contributed by atoms with E-state index in [4.69, 9.17) is 27.9 Å². The standard InChI is InChI=1S/C23H21Cl2NO3/c1-23(2)10-17-20(18(27)11-23)19-15(24)8-9-16(25)21(19)26(17)12-13-4-6-14(7-5-13)22(28)29-3/h4-9H,10-12H2,1-3H3. The predicted molar refractivity (Wildman–Crippen MR) is 115 cm³/mol. The van der Waals surface area contributed by atoms with Crippen LogP contribution in [-0.2, 0) is 17.7 Å². The summed E-state index contributed by atoms with van der Waals surface area (Å²) in [7, 11) is 1.36. The maximum Gasteiger partial charge on any atom is 0.337 e. The van der Waals surface area contributed by atoms with Gasteiger partial charge in [-0.05, 0) is 41.7 Å². The molecular weight excluding hydrogens is 409 g/mol. The fraction of sp³-hybridized carbons (Fsp3) is 0.304. The van der Waals surface area contributed by atoms with Gasteiger partial charge in [0.25, 0.3) is 0 Å². The SMILES string of the molecule is COC(=O)c1ccc(Cn2c3c(c4c(Cl)ccc(Cl)c42)C(=O)CC(C)(C)C3)cc1. The van der Waals surface area contributed by atoms with Crippen LogP contribution in [0.4, 0.5) is 0 Å². The van der Waals surface area contributed by atoms with Crippen molar-refractivity contribution in [1.82, 2.24) is 4.57 Å². The van der Waals surface area contributed by atoms with Crippen LogP contribution in [0.3, 0.4) is 0 Å². The van der Waals surface area contributed by atoms with Gasteiger partial charge in [0.1, 0.15) is 0 Å². The third kappa shape index (κ3) is 3.45. The van der Waals surface area contributed by atoms with Gasteiger partial charge in [0.05, 0.1) is 28.2 Å². The Labute approximate surface area is 179 Å². The van der Waals surface area contributed by atoms with Gasteiger partial charge in [0.2, 0.25) is 0 Å². The van der Waals surface area contributed by atoms with Crippen LogP contribution in [-0.4, -0.2) is 23.4 Å². The lowest BCUT2D eigenvalue weighted by Gasteiger charge is -2.30. The zero-order chi connectivity index (χ0) is 20.9. The molecule has 3 aromatic rings. The van der Waals surface area contributed by atoms with Crippen LogP contribution in [0.2, 0.25) is 10.0 Å². The van der Waals surface area contributed by atoms with E-state index in [-0.39, 0.29) is 17.2 Å². The Balaban J connectivity index is 1.89. The van der Waals surface area contributed by atoms with E-state index in [0.29, 0.717) is 34.1 Å². The lowest BCUT2D eigenvalue weighted by Crippen LogP contribution is -2.28. The molecule has 0 N–H and O–H groups in total. The second-order valence-electron chi connectivity index (χ2n) is 8.29. The maximum atomic E-state index is 13.0. The van der Waals surface area contributed by atoms with Crippen molar-refractivity contribution in [3.8, 4) is 0 Å². The van der Waals surface area contributed by atoms with Gasteiger partial charge in [0.15, 0.2) is 5.78 Å². The largest absolute Gasteiger partial charge is 0.465 e. The summed E-state index contributed by atoms with van der Waals surface area (Å²) in [5.41, 5.74) is 3.79. The average molecular weight is 430 g/mol. The number of rotatable bonds is 3. The Bertz CT molecular complexity index is 1140. The molecule has 0 radical (unpaired) electrons. The normalized spacial score (nSPS) is 15.4. The second kappa shape index (κ2) is 7.19. The van der Waals surface area contributed by atoms with Crippen LogP contribution in [0.25, 0.3) is 10.9 Å². The molecule has 29 heavy (non-hydrogen) atoms. The first-order valence-electron chi connectivity index (χ1n) is 9.41. The lowest BCUT2D eigenvalue weighted by atomic mass is 9.75. The molecular formula is C23H21Cl2NO3. The van der Waals surface area contributed by atoms with Crippen molar-refractivity contribution in [1.29, 1.82) is 0 Å². The minimum atomic E-state index is -0.373. The number of hydrogen-bond donors (Lipinski definition) is 0. The number of carbonyl (C=O) groups is 2. The molecule has 0 unspecified atom stereocenters. The van der Waals surface area contributed by atoms with Gasteiger partial charge in [-0.15, -0.1) is 0 Å². The first kappa shape index (κ1) is 20.0. The number of carbonyl (C=O) groups excluding carboxylic acids is 2. The summed E-state index contributed by atoms with van der Waals surface area (Å²) in [6, 6.07) is 10.8. The van der Waals surface area contributed by atoms with E-state index in [9.17, 15) is 9.59 Å². The molecule has 0 amide bonds. The molecule has 0 saturated heterocycles. The molecule has 4 rings (SSSR count). The van der Waals surface area contributed by atoms with E-state index < -0.39 is 0 Å². The molecule has 4 nitrogen and oxygen atoms in total. The number of Topliss-reactive ketones (excluding diaryl/α,β-unsaturated/α-hetero) is 1. The maximum absolute atomic E-state index is 13.0. The molecule has 0 bridgehead atoms. The zero-order valence-electron chi connectivity index (χ0n) is 16.5. The van der Waals surface area contributed by atoms with E-state index in [1.807, 2.05) is 12.1 Å². The van der Waals surface area contributed by atoms with Crippen molar-refractivity contribution in [2.75, 3.05) is 7.11 Å². The number of hydrogen-bond acceptors (Lipinski definition) is 3. The molecule has 0 spiro atoms. The van der Waals surface area contributed by atoms with Crippen molar-refractivity contribution in [3.05, 3.63) is 68.8 Å². The van der Waals surface area contributed by atoms with Crippen molar-refractivity contribution in [3.63, 3.8) is 0 Å². The molecule has 6 heteroatoms. The molecule has 1 aliphatic carbocycles. The fourth-order valence-electron chi connectivity index (χ4n) is 4.20. The van der Waals surface area contributed by atoms with Gasteiger partial charge in [-0.3, -0.25) is 4.79 Å². The van der Waals surface area contributed by atoms with E-state index >= 15 is 0 Å². The van der Waals surface area contributed by atoms with Crippen LogP contribution in [0.5, 0.6) is 0 Å². The Morgan fingerprint density at radius 3 is 2.38 bits per heavy atom. The number of aromatic nitrogens is 1. The number of esters is 1. The topological polar surface area (TPSA) is 48.3 Å². The van der Waals surface area contributed by atoms with Gasteiger partial charge in [-0.25, -0.2) is 4.79 Å². The first-order chi connectivity index (χ1) is 13.7.